The minimum Gasteiger partial charge on any atom is -0.492 e. The molecular weight excluding hydrogens is 264 g/mol. The molecule has 1 aromatic carbocycles. The van der Waals surface area contributed by atoms with Crippen LogP contribution in [0.15, 0.2) is 18.2 Å². The molecule has 1 aromatic rings. The molecule has 2 N–H and O–H groups in total. The van der Waals surface area contributed by atoms with E-state index in [4.69, 9.17) is 4.74 Å². The van der Waals surface area contributed by atoms with Gasteiger partial charge in [0.2, 0.25) is 5.91 Å². The molecule has 0 radical (unpaired) electrons. The van der Waals surface area contributed by atoms with Crippen LogP contribution in [0.3, 0.4) is 0 Å². The number of carbonyl (C=O) groups is 1. The van der Waals surface area contributed by atoms with Crippen molar-refractivity contribution >= 4 is 24.0 Å². The highest BCUT2D eigenvalue weighted by Crippen LogP contribution is 2.24. The first kappa shape index (κ1) is 15.8. The lowest BCUT2D eigenvalue weighted by atomic mass is 10.1. The van der Waals surface area contributed by atoms with Crippen LogP contribution in [0.1, 0.15) is 25.8 Å². The highest BCUT2D eigenvalue weighted by atomic mass is 35.5. The molecule has 0 spiro atoms. The molecule has 1 unspecified atom stereocenters. The Kier molecular flexibility index (Phi) is 6.12. The second-order valence-corrected chi connectivity index (χ2v) is 4.65. The minimum absolute atomic E-state index is 0. The van der Waals surface area contributed by atoms with Crippen molar-refractivity contribution in [1.82, 2.24) is 5.32 Å². The van der Waals surface area contributed by atoms with Gasteiger partial charge in [-0.05, 0) is 24.6 Å². The Morgan fingerprint density at radius 2 is 2.32 bits per heavy atom. The number of ether oxygens (including phenoxy) is 1. The summed E-state index contributed by atoms with van der Waals surface area (Å²) in [5.74, 6) is 1.01. The predicted octanol–water partition coefficient (Wildman–Crippen LogP) is 2.58. The molecule has 0 fully saturated rings. The molecule has 106 valence electrons. The number of rotatable bonds is 3. The van der Waals surface area contributed by atoms with Gasteiger partial charge < -0.3 is 15.4 Å². The summed E-state index contributed by atoms with van der Waals surface area (Å²) in [7, 11) is 0. The highest BCUT2D eigenvalue weighted by Gasteiger charge is 2.13. The van der Waals surface area contributed by atoms with Crippen molar-refractivity contribution in [2.45, 2.75) is 26.8 Å². The summed E-state index contributed by atoms with van der Waals surface area (Å²) in [5.41, 5.74) is 1.93. The van der Waals surface area contributed by atoms with Crippen molar-refractivity contribution in [3.63, 3.8) is 0 Å². The molecule has 1 heterocycles. The van der Waals surface area contributed by atoms with Crippen molar-refractivity contribution in [2.75, 3.05) is 18.5 Å². The van der Waals surface area contributed by atoms with Crippen molar-refractivity contribution in [3.8, 4) is 5.75 Å². The lowest BCUT2D eigenvalue weighted by molar-refractivity contribution is -0.119. The number of halogens is 1. The normalized spacial score (nSPS) is 15.3. The Morgan fingerprint density at radius 3 is 3.05 bits per heavy atom. The smallest absolute Gasteiger partial charge is 0.227 e. The third-order valence-corrected chi connectivity index (χ3v) is 3.24. The Hall–Kier alpha value is -1.26. The van der Waals surface area contributed by atoms with Crippen LogP contribution in [0, 0.1) is 5.92 Å². The Labute approximate surface area is 120 Å². The summed E-state index contributed by atoms with van der Waals surface area (Å²) in [6.45, 7) is 6.26. The molecule has 0 bridgehead atoms. The van der Waals surface area contributed by atoms with Gasteiger partial charge in [-0.2, -0.15) is 0 Å². The largest absolute Gasteiger partial charge is 0.492 e. The zero-order valence-electron chi connectivity index (χ0n) is 11.4. The first-order valence-electron chi connectivity index (χ1n) is 6.48. The van der Waals surface area contributed by atoms with E-state index < -0.39 is 0 Å². The third-order valence-electron chi connectivity index (χ3n) is 3.24. The first-order valence-corrected chi connectivity index (χ1v) is 6.48. The van der Waals surface area contributed by atoms with E-state index in [1.807, 2.05) is 32.0 Å². The quantitative estimate of drug-likeness (QED) is 0.897. The molecular formula is C14H21ClN2O2. The van der Waals surface area contributed by atoms with Gasteiger partial charge in [-0.3, -0.25) is 4.79 Å². The molecule has 1 atom stereocenters. The van der Waals surface area contributed by atoms with Crippen LogP contribution in [0.4, 0.5) is 5.69 Å². The fourth-order valence-electron chi connectivity index (χ4n) is 1.84. The van der Waals surface area contributed by atoms with Gasteiger partial charge in [0, 0.05) is 30.3 Å². The van der Waals surface area contributed by atoms with Crippen LogP contribution >= 0.6 is 12.4 Å². The molecule has 0 saturated heterocycles. The molecule has 19 heavy (non-hydrogen) atoms. The Bertz CT molecular complexity index is 437. The number of fused-ring (bicyclic) bond motifs is 1. The van der Waals surface area contributed by atoms with E-state index in [0.717, 1.165) is 36.5 Å². The maximum Gasteiger partial charge on any atom is 0.227 e. The molecule has 1 aliphatic rings. The lowest BCUT2D eigenvalue weighted by Crippen LogP contribution is -2.19. The predicted molar refractivity (Wildman–Crippen MR) is 79.0 cm³/mol. The lowest BCUT2D eigenvalue weighted by Gasteiger charge is -2.12. The summed E-state index contributed by atoms with van der Waals surface area (Å²) in [5, 5.41) is 6.22. The van der Waals surface area contributed by atoms with Gasteiger partial charge in [-0.1, -0.05) is 13.8 Å². The standard InChI is InChI=1S/C14H20N2O2.ClH/c1-3-10(2)14(17)16-12-4-5-13-11(8-12)9-15-6-7-18-13;/h4-5,8,10,15H,3,6-7,9H2,1-2H3,(H,16,17);1H. The van der Waals surface area contributed by atoms with Crippen LogP contribution in [-0.2, 0) is 11.3 Å². The summed E-state index contributed by atoms with van der Waals surface area (Å²) < 4.78 is 5.60. The minimum atomic E-state index is 0. The Morgan fingerprint density at radius 1 is 1.53 bits per heavy atom. The van der Waals surface area contributed by atoms with Gasteiger partial charge >= 0.3 is 0 Å². The first-order chi connectivity index (χ1) is 8.70. The fraction of sp³-hybridized carbons (Fsp3) is 0.500. The molecule has 2 rings (SSSR count). The van der Waals surface area contributed by atoms with Gasteiger partial charge in [-0.25, -0.2) is 0 Å². The number of hydrogen-bond acceptors (Lipinski definition) is 3. The number of amides is 1. The number of carbonyl (C=O) groups excluding carboxylic acids is 1. The van der Waals surface area contributed by atoms with Crippen LogP contribution < -0.4 is 15.4 Å². The average molecular weight is 285 g/mol. The monoisotopic (exact) mass is 284 g/mol. The topological polar surface area (TPSA) is 50.4 Å². The number of anilines is 1. The van der Waals surface area contributed by atoms with E-state index in [9.17, 15) is 4.79 Å². The van der Waals surface area contributed by atoms with Crippen LogP contribution in [0.5, 0.6) is 5.75 Å². The van der Waals surface area contributed by atoms with Crippen LogP contribution in [-0.4, -0.2) is 19.1 Å². The van der Waals surface area contributed by atoms with Gasteiger partial charge in [0.1, 0.15) is 12.4 Å². The molecule has 0 saturated carbocycles. The van der Waals surface area contributed by atoms with E-state index in [1.165, 1.54) is 0 Å². The van der Waals surface area contributed by atoms with Crippen LogP contribution in [0.2, 0.25) is 0 Å². The second kappa shape index (κ2) is 7.36. The summed E-state index contributed by atoms with van der Waals surface area (Å²) in [6.07, 6.45) is 0.849. The van der Waals surface area contributed by atoms with Gasteiger partial charge in [0.05, 0.1) is 0 Å². The maximum absolute atomic E-state index is 11.8. The summed E-state index contributed by atoms with van der Waals surface area (Å²) in [4.78, 5) is 11.8. The summed E-state index contributed by atoms with van der Waals surface area (Å²) in [6, 6.07) is 5.80. The number of benzene rings is 1. The van der Waals surface area contributed by atoms with E-state index in [1.54, 1.807) is 0 Å². The zero-order valence-corrected chi connectivity index (χ0v) is 12.2. The van der Waals surface area contributed by atoms with Gasteiger partial charge in [0.15, 0.2) is 0 Å². The highest BCUT2D eigenvalue weighted by molar-refractivity contribution is 5.92. The van der Waals surface area contributed by atoms with Crippen molar-refractivity contribution in [2.24, 2.45) is 5.92 Å². The van der Waals surface area contributed by atoms with Gasteiger partial charge in [0.25, 0.3) is 0 Å². The molecule has 0 aromatic heterocycles. The van der Waals surface area contributed by atoms with E-state index in [-0.39, 0.29) is 24.2 Å². The maximum atomic E-state index is 11.8. The van der Waals surface area contributed by atoms with Gasteiger partial charge in [-0.15, -0.1) is 12.4 Å². The zero-order chi connectivity index (χ0) is 13.0. The second-order valence-electron chi connectivity index (χ2n) is 4.65. The third kappa shape index (κ3) is 4.11. The fourth-order valence-corrected chi connectivity index (χ4v) is 1.84. The van der Waals surface area contributed by atoms with E-state index in [0.29, 0.717) is 6.61 Å². The molecule has 5 heteroatoms. The average Bonchev–Trinajstić information content (AvgIpc) is 2.62. The van der Waals surface area contributed by atoms with E-state index in [2.05, 4.69) is 10.6 Å². The summed E-state index contributed by atoms with van der Waals surface area (Å²) >= 11 is 0. The molecule has 0 aliphatic carbocycles. The van der Waals surface area contributed by atoms with E-state index >= 15 is 0 Å². The van der Waals surface area contributed by atoms with Crippen LogP contribution in [0.25, 0.3) is 0 Å². The van der Waals surface area contributed by atoms with Crippen molar-refractivity contribution < 1.29 is 9.53 Å². The SMILES string of the molecule is CCC(C)C(=O)Nc1ccc2c(c1)CNCCO2.Cl. The number of hydrogen-bond donors (Lipinski definition) is 2. The molecule has 1 aliphatic heterocycles. The Balaban J connectivity index is 0.00000180. The van der Waals surface area contributed by atoms with Crippen molar-refractivity contribution in [3.05, 3.63) is 23.8 Å². The molecule has 1 amide bonds. The number of nitrogens with one attached hydrogen (secondary N) is 2. The molecule has 4 nitrogen and oxygen atoms in total. The van der Waals surface area contributed by atoms with Crippen molar-refractivity contribution in [1.29, 1.82) is 0 Å².